The van der Waals surface area contributed by atoms with Crippen molar-refractivity contribution in [3.63, 3.8) is 0 Å². The molecule has 0 atom stereocenters. The summed E-state index contributed by atoms with van der Waals surface area (Å²) in [6.07, 6.45) is 0. The fourth-order valence-corrected chi connectivity index (χ4v) is 2.49. The van der Waals surface area contributed by atoms with E-state index in [1.54, 1.807) is 24.3 Å². The fraction of sp³-hybridized carbons (Fsp3) is 0. The first-order chi connectivity index (χ1) is 8.07. The summed E-state index contributed by atoms with van der Waals surface area (Å²) in [5.74, 6) is 0. The minimum atomic E-state index is -4.56. The van der Waals surface area contributed by atoms with Crippen molar-refractivity contribution in [2.24, 2.45) is 0 Å². The molecule has 0 bridgehead atoms. The maximum Gasteiger partial charge on any atom is 1.00 e. The molecule has 9 heteroatoms. The maximum atomic E-state index is 11.2. The second kappa shape index (κ2) is 5.53. The molecule has 0 amide bonds. The minimum absolute atomic E-state index is 0. The van der Waals surface area contributed by atoms with Crippen LogP contribution < -0.4 is 29.6 Å². The molecule has 0 saturated carbocycles. The molecule has 0 aliphatic heterocycles. The van der Waals surface area contributed by atoms with Gasteiger partial charge in [-0.15, -0.1) is 5.10 Å². The number of rotatable bonds is 1. The molecule has 1 aromatic heterocycles. The molecule has 3 rings (SSSR count). The van der Waals surface area contributed by atoms with Gasteiger partial charge in [-0.2, -0.15) is 0 Å². The van der Waals surface area contributed by atoms with E-state index in [0.29, 0.717) is 16.4 Å². The average Bonchev–Trinajstić information content (AvgIpc) is 2.74. The van der Waals surface area contributed by atoms with Gasteiger partial charge in [-0.25, -0.2) is 8.42 Å². The quantitative estimate of drug-likeness (QED) is 0.359. The Bertz CT molecular complexity index is 830. The second-order valence-corrected chi connectivity index (χ2v) is 4.84. The van der Waals surface area contributed by atoms with E-state index in [2.05, 4.69) is 10.4 Å². The minimum Gasteiger partial charge on any atom is -0.744 e. The van der Waals surface area contributed by atoms with Crippen molar-refractivity contribution in [1.29, 1.82) is 0 Å². The van der Waals surface area contributed by atoms with Gasteiger partial charge in [0, 0.05) is 16.0 Å². The van der Waals surface area contributed by atoms with Crippen LogP contribution in [0.4, 0.5) is 0 Å². The maximum absolute atomic E-state index is 11.2. The Balaban J connectivity index is 0.000000902. The predicted octanol–water partition coefficient (Wildman–Crippen LogP) is -2.54. The van der Waals surface area contributed by atoms with Crippen LogP contribution in [-0.4, -0.2) is 28.8 Å². The molecule has 2 aromatic carbocycles. The van der Waals surface area contributed by atoms with E-state index in [9.17, 15) is 13.0 Å². The molecule has 0 unspecified atom stereocenters. The number of hydrogen-bond donors (Lipinski definition) is 0. The average molecular weight is 290 g/mol. The SMILES string of the molecule is O.O=S(=O)([O-])c1cc2nnoc2c2ccccc12.[Na+]. The van der Waals surface area contributed by atoms with Crippen molar-refractivity contribution in [3.8, 4) is 0 Å². The third-order valence-corrected chi connectivity index (χ3v) is 3.36. The van der Waals surface area contributed by atoms with Gasteiger partial charge in [0.2, 0.25) is 0 Å². The summed E-state index contributed by atoms with van der Waals surface area (Å²) in [7, 11) is -4.56. The topological polar surface area (TPSA) is 128 Å². The van der Waals surface area contributed by atoms with E-state index in [1.807, 2.05) is 0 Å². The first kappa shape index (κ1) is 16.0. The standard InChI is InChI=1S/C10H6N2O4S.Na.H2O/c13-17(14,15)9-5-8-10(16-12-11-8)7-4-2-1-3-6(7)9;;/h1-5H,(H,13,14,15);;1H2/q;+1;/p-1. The molecule has 0 aliphatic carbocycles. The Morgan fingerprint density at radius 3 is 2.42 bits per heavy atom. The van der Waals surface area contributed by atoms with Crippen LogP contribution in [0.15, 0.2) is 39.8 Å². The summed E-state index contributed by atoms with van der Waals surface area (Å²) in [5.41, 5.74) is 0.617. The normalized spacial score (nSPS) is 11.0. The largest absolute Gasteiger partial charge is 1.00 e. The number of aromatic nitrogens is 2. The summed E-state index contributed by atoms with van der Waals surface area (Å²) < 4.78 is 38.5. The van der Waals surface area contributed by atoms with Crippen molar-refractivity contribution >= 4 is 32.0 Å². The zero-order chi connectivity index (χ0) is 12.0. The van der Waals surface area contributed by atoms with Crippen LogP contribution in [0.3, 0.4) is 0 Å². The van der Waals surface area contributed by atoms with Crippen LogP contribution in [0.1, 0.15) is 0 Å². The van der Waals surface area contributed by atoms with Crippen molar-refractivity contribution in [1.82, 2.24) is 10.4 Å². The molecule has 0 saturated heterocycles. The summed E-state index contributed by atoms with van der Waals surface area (Å²) in [6.45, 7) is 0. The molecule has 94 valence electrons. The molecule has 0 spiro atoms. The van der Waals surface area contributed by atoms with Crippen molar-refractivity contribution in [3.05, 3.63) is 30.3 Å². The molecule has 2 N–H and O–H groups in total. The summed E-state index contributed by atoms with van der Waals surface area (Å²) in [5, 5.41) is 7.79. The second-order valence-electron chi connectivity index (χ2n) is 3.50. The van der Waals surface area contributed by atoms with Gasteiger partial charge < -0.3 is 14.6 Å². The summed E-state index contributed by atoms with van der Waals surface area (Å²) in [4.78, 5) is -0.309. The number of nitrogens with zero attached hydrogens (tertiary/aromatic N) is 2. The van der Waals surface area contributed by atoms with Gasteiger partial charge in [0.05, 0.1) is 4.90 Å². The Labute approximate surface area is 129 Å². The number of hydrogen-bond acceptors (Lipinski definition) is 6. The van der Waals surface area contributed by atoms with E-state index >= 15 is 0 Å². The summed E-state index contributed by atoms with van der Waals surface area (Å²) >= 11 is 0. The molecular weight excluding hydrogens is 283 g/mol. The van der Waals surface area contributed by atoms with Crippen LogP contribution in [0.2, 0.25) is 0 Å². The Morgan fingerprint density at radius 2 is 1.79 bits per heavy atom. The number of benzene rings is 2. The smallest absolute Gasteiger partial charge is 0.744 e. The molecule has 1 heterocycles. The predicted molar refractivity (Wildman–Crippen MR) is 60.9 cm³/mol. The third-order valence-electron chi connectivity index (χ3n) is 2.49. The van der Waals surface area contributed by atoms with E-state index in [4.69, 9.17) is 4.52 Å². The molecule has 0 aliphatic rings. The molecular formula is C10H7N2NaO5S. The van der Waals surface area contributed by atoms with Gasteiger partial charge in [-0.05, 0) is 6.07 Å². The molecule has 0 fully saturated rings. The van der Waals surface area contributed by atoms with Crippen LogP contribution in [0.5, 0.6) is 0 Å². The zero-order valence-corrected chi connectivity index (χ0v) is 12.6. The summed E-state index contributed by atoms with van der Waals surface area (Å²) in [6, 6.07) is 7.73. The number of fused-ring (bicyclic) bond motifs is 3. The van der Waals surface area contributed by atoms with Crippen LogP contribution in [-0.2, 0) is 10.1 Å². The van der Waals surface area contributed by atoms with Gasteiger partial charge in [0.15, 0.2) is 5.58 Å². The van der Waals surface area contributed by atoms with E-state index in [0.717, 1.165) is 0 Å². The van der Waals surface area contributed by atoms with E-state index < -0.39 is 10.1 Å². The molecule has 3 aromatic rings. The first-order valence-corrected chi connectivity index (χ1v) is 6.08. The van der Waals surface area contributed by atoms with Crippen LogP contribution >= 0.6 is 0 Å². The first-order valence-electron chi connectivity index (χ1n) is 4.67. The van der Waals surface area contributed by atoms with Gasteiger partial charge in [0.1, 0.15) is 15.6 Å². The van der Waals surface area contributed by atoms with Crippen LogP contribution in [0.25, 0.3) is 21.9 Å². The Hall–Kier alpha value is -1.03. The van der Waals surface area contributed by atoms with Crippen molar-refractivity contribution in [2.45, 2.75) is 4.90 Å². The van der Waals surface area contributed by atoms with Gasteiger partial charge >= 0.3 is 29.6 Å². The fourth-order valence-electron chi connectivity index (χ4n) is 1.78. The van der Waals surface area contributed by atoms with Crippen molar-refractivity contribution in [2.75, 3.05) is 0 Å². The molecule has 19 heavy (non-hydrogen) atoms. The molecule has 7 nitrogen and oxygen atoms in total. The van der Waals surface area contributed by atoms with E-state index in [1.165, 1.54) is 6.07 Å². The Kier molecular flexibility index (Phi) is 4.67. The monoisotopic (exact) mass is 290 g/mol. The zero-order valence-electron chi connectivity index (χ0n) is 9.82. The van der Waals surface area contributed by atoms with Crippen LogP contribution in [0, 0.1) is 0 Å². The van der Waals surface area contributed by atoms with Gasteiger partial charge in [-0.3, -0.25) is 0 Å². The van der Waals surface area contributed by atoms with E-state index in [-0.39, 0.29) is 45.4 Å². The van der Waals surface area contributed by atoms with Gasteiger partial charge in [-0.1, -0.05) is 24.3 Å². The van der Waals surface area contributed by atoms with Gasteiger partial charge in [0.25, 0.3) is 0 Å². The van der Waals surface area contributed by atoms with Crippen molar-refractivity contribution < 1.29 is 52.5 Å². The molecule has 0 radical (unpaired) electrons. The third kappa shape index (κ3) is 2.64. The Morgan fingerprint density at radius 1 is 1.16 bits per heavy atom.